The summed E-state index contributed by atoms with van der Waals surface area (Å²) in [5, 5.41) is 10.0. The molecule has 6 heteroatoms. The van der Waals surface area contributed by atoms with Crippen LogP contribution in [0.2, 0.25) is 0 Å². The van der Waals surface area contributed by atoms with Crippen molar-refractivity contribution < 1.29 is 14.3 Å². The molecule has 0 aliphatic carbocycles. The Bertz CT molecular complexity index is 660. The van der Waals surface area contributed by atoms with Crippen LogP contribution in [0.1, 0.15) is 22.5 Å². The first kappa shape index (κ1) is 16.9. The third kappa shape index (κ3) is 4.25. The second-order valence-electron chi connectivity index (χ2n) is 5.38. The van der Waals surface area contributed by atoms with Crippen LogP contribution in [0.4, 0.5) is 0 Å². The molecule has 0 aliphatic heterocycles. The van der Waals surface area contributed by atoms with E-state index in [1.165, 1.54) is 0 Å². The van der Waals surface area contributed by atoms with Crippen molar-refractivity contribution in [3.8, 4) is 11.5 Å². The molecule has 0 saturated heterocycles. The molecular weight excluding hydrogens is 294 g/mol. The predicted molar refractivity (Wildman–Crippen MR) is 88.0 cm³/mol. The number of hydrogen-bond donors (Lipinski definition) is 2. The second kappa shape index (κ2) is 7.67. The molecule has 0 spiro atoms. The van der Waals surface area contributed by atoms with Gasteiger partial charge in [0, 0.05) is 12.2 Å². The maximum absolute atomic E-state index is 12.1. The van der Waals surface area contributed by atoms with E-state index in [1.54, 1.807) is 20.3 Å². The van der Waals surface area contributed by atoms with E-state index in [1.807, 2.05) is 26.0 Å². The summed E-state index contributed by atoms with van der Waals surface area (Å²) in [6, 6.07) is 5.49. The van der Waals surface area contributed by atoms with E-state index in [9.17, 15) is 4.79 Å². The number of nitrogens with one attached hydrogen (secondary N) is 2. The highest BCUT2D eigenvalue weighted by atomic mass is 16.5. The Labute approximate surface area is 136 Å². The van der Waals surface area contributed by atoms with Gasteiger partial charge < -0.3 is 14.8 Å². The summed E-state index contributed by atoms with van der Waals surface area (Å²) in [6.07, 6.45) is 1.08. The average molecular weight is 317 g/mol. The van der Waals surface area contributed by atoms with Crippen molar-refractivity contribution in [2.24, 2.45) is 0 Å². The van der Waals surface area contributed by atoms with E-state index in [2.05, 4.69) is 15.5 Å². The molecule has 0 atom stereocenters. The van der Waals surface area contributed by atoms with Crippen molar-refractivity contribution in [2.45, 2.75) is 26.7 Å². The van der Waals surface area contributed by atoms with Crippen molar-refractivity contribution >= 4 is 5.91 Å². The predicted octanol–water partition coefficient (Wildman–Crippen LogP) is 1.95. The van der Waals surface area contributed by atoms with E-state index in [0.29, 0.717) is 24.5 Å². The number of H-pyrrole nitrogens is 1. The normalized spacial score (nSPS) is 10.4. The summed E-state index contributed by atoms with van der Waals surface area (Å²) in [5.74, 6) is 1.26. The number of carbonyl (C=O) groups excluding carboxylic acids is 1. The van der Waals surface area contributed by atoms with Gasteiger partial charge in [-0.1, -0.05) is 6.07 Å². The van der Waals surface area contributed by atoms with Crippen LogP contribution in [0.5, 0.6) is 11.5 Å². The Morgan fingerprint density at radius 1 is 1.22 bits per heavy atom. The molecule has 23 heavy (non-hydrogen) atoms. The summed E-state index contributed by atoms with van der Waals surface area (Å²) < 4.78 is 10.4. The minimum Gasteiger partial charge on any atom is -0.493 e. The van der Waals surface area contributed by atoms with Crippen molar-refractivity contribution in [2.75, 3.05) is 20.8 Å². The topological polar surface area (TPSA) is 76.2 Å². The molecule has 0 unspecified atom stereocenters. The van der Waals surface area contributed by atoms with Gasteiger partial charge in [0.15, 0.2) is 11.5 Å². The summed E-state index contributed by atoms with van der Waals surface area (Å²) in [5.41, 5.74) is 4.08. The van der Waals surface area contributed by atoms with Crippen molar-refractivity contribution in [3.63, 3.8) is 0 Å². The Balaban J connectivity index is 1.87. The maximum Gasteiger partial charge on any atom is 0.224 e. The number of aromatic amines is 1. The van der Waals surface area contributed by atoms with Crippen LogP contribution in [-0.2, 0) is 17.6 Å². The van der Waals surface area contributed by atoms with Crippen molar-refractivity contribution in [1.29, 1.82) is 0 Å². The molecule has 1 aromatic carbocycles. The zero-order valence-corrected chi connectivity index (χ0v) is 14.0. The molecule has 6 nitrogen and oxygen atoms in total. The SMILES string of the molecule is COc1ccc(CC(=O)NCCc2c(C)n[nH]c2C)cc1OC. The van der Waals surface area contributed by atoms with Gasteiger partial charge in [0.05, 0.1) is 26.3 Å². The molecule has 1 aromatic heterocycles. The van der Waals surface area contributed by atoms with Crippen LogP contribution in [0.3, 0.4) is 0 Å². The molecule has 2 rings (SSSR count). The number of methoxy groups -OCH3 is 2. The van der Waals surface area contributed by atoms with Gasteiger partial charge in [-0.15, -0.1) is 0 Å². The summed E-state index contributed by atoms with van der Waals surface area (Å²) >= 11 is 0. The Hall–Kier alpha value is -2.50. The monoisotopic (exact) mass is 317 g/mol. The number of benzene rings is 1. The molecule has 0 aliphatic rings. The van der Waals surface area contributed by atoms with E-state index in [0.717, 1.165) is 28.9 Å². The number of ether oxygens (including phenoxy) is 2. The largest absolute Gasteiger partial charge is 0.493 e. The van der Waals surface area contributed by atoms with Crippen LogP contribution in [0.15, 0.2) is 18.2 Å². The molecule has 2 N–H and O–H groups in total. The highest BCUT2D eigenvalue weighted by Gasteiger charge is 2.10. The molecule has 0 bridgehead atoms. The van der Waals surface area contributed by atoms with Crippen LogP contribution in [0.25, 0.3) is 0 Å². The van der Waals surface area contributed by atoms with Gasteiger partial charge in [0.2, 0.25) is 5.91 Å². The average Bonchev–Trinajstić information content (AvgIpc) is 2.86. The van der Waals surface area contributed by atoms with E-state index in [4.69, 9.17) is 9.47 Å². The number of rotatable bonds is 7. The number of amides is 1. The molecule has 0 saturated carbocycles. The van der Waals surface area contributed by atoms with Crippen LogP contribution < -0.4 is 14.8 Å². The Kier molecular flexibility index (Phi) is 5.62. The first-order valence-electron chi connectivity index (χ1n) is 7.53. The zero-order chi connectivity index (χ0) is 16.8. The summed E-state index contributed by atoms with van der Waals surface area (Å²) in [4.78, 5) is 12.1. The lowest BCUT2D eigenvalue weighted by Gasteiger charge is -2.10. The van der Waals surface area contributed by atoms with Crippen LogP contribution in [0, 0.1) is 13.8 Å². The molecule has 1 heterocycles. The zero-order valence-electron chi connectivity index (χ0n) is 14.0. The van der Waals surface area contributed by atoms with Gasteiger partial charge in [-0.3, -0.25) is 9.89 Å². The molecular formula is C17H23N3O3. The maximum atomic E-state index is 12.1. The second-order valence-corrected chi connectivity index (χ2v) is 5.38. The smallest absolute Gasteiger partial charge is 0.224 e. The third-order valence-corrected chi connectivity index (χ3v) is 3.79. The van der Waals surface area contributed by atoms with Gasteiger partial charge in [0.1, 0.15) is 0 Å². The number of aryl methyl sites for hydroxylation is 2. The van der Waals surface area contributed by atoms with E-state index in [-0.39, 0.29) is 5.91 Å². The van der Waals surface area contributed by atoms with E-state index < -0.39 is 0 Å². The third-order valence-electron chi connectivity index (χ3n) is 3.79. The summed E-state index contributed by atoms with van der Waals surface area (Å²) in [6.45, 7) is 4.54. The lowest BCUT2D eigenvalue weighted by molar-refractivity contribution is -0.120. The number of carbonyl (C=O) groups is 1. The fourth-order valence-corrected chi connectivity index (χ4v) is 2.51. The highest BCUT2D eigenvalue weighted by molar-refractivity contribution is 5.78. The van der Waals surface area contributed by atoms with Gasteiger partial charge in [-0.2, -0.15) is 5.10 Å². The fraction of sp³-hybridized carbons (Fsp3) is 0.412. The van der Waals surface area contributed by atoms with E-state index >= 15 is 0 Å². The molecule has 0 radical (unpaired) electrons. The van der Waals surface area contributed by atoms with Gasteiger partial charge in [-0.05, 0) is 43.5 Å². The first-order valence-corrected chi connectivity index (χ1v) is 7.53. The standard InChI is InChI=1S/C17H23N3O3/c1-11-14(12(2)20-19-11)7-8-18-17(21)10-13-5-6-15(22-3)16(9-13)23-4/h5-6,9H,7-8,10H2,1-4H3,(H,18,21)(H,19,20). The lowest BCUT2D eigenvalue weighted by Crippen LogP contribution is -2.27. The van der Waals surface area contributed by atoms with Crippen molar-refractivity contribution in [3.05, 3.63) is 40.7 Å². The summed E-state index contributed by atoms with van der Waals surface area (Å²) in [7, 11) is 3.17. The molecule has 2 aromatic rings. The minimum absolute atomic E-state index is 0.0176. The fourth-order valence-electron chi connectivity index (χ4n) is 2.51. The van der Waals surface area contributed by atoms with Gasteiger partial charge in [-0.25, -0.2) is 0 Å². The number of nitrogens with zero attached hydrogens (tertiary/aromatic N) is 1. The van der Waals surface area contributed by atoms with Gasteiger partial charge in [0.25, 0.3) is 0 Å². The lowest BCUT2D eigenvalue weighted by atomic mass is 10.1. The van der Waals surface area contributed by atoms with Crippen LogP contribution in [-0.4, -0.2) is 36.9 Å². The molecule has 124 valence electrons. The Morgan fingerprint density at radius 3 is 2.57 bits per heavy atom. The highest BCUT2D eigenvalue weighted by Crippen LogP contribution is 2.27. The number of aromatic nitrogens is 2. The molecule has 1 amide bonds. The number of hydrogen-bond acceptors (Lipinski definition) is 4. The molecule has 0 fully saturated rings. The van der Waals surface area contributed by atoms with Crippen LogP contribution >= 0.6 is 0 Å². The van der Waals surface area contributed by atoms with Gasteiger partial charge >= 0.3 is 0 Å². The Morgan fingerprint density at radius 2 is 1.96 bits per heavy atom. The first-order chi connectivity index (χ1) is 11.0. The minimum atomic E-state index is -0.0176. The quantitative estimate of drug-likeness (QED) is 0.818. The van der Waals surface area contributed by atoms with Crippen molar-refractivity contribution in [1.82, 2.24) is 15.5 Å².